The number of carboxylic acid groups (broad SMARTS) is 1. The largest absolute Gasteiger partial charge is 0.481 e. The normalized spacial score (nSPS) is 14.0. The molecule has 0 saturated carbocycles. The van der Waals surface area contributed by atoms with Crippen molar-refractivity contribution in [1.29, 1.82) is 0 Å². The number of carbonyl (C=O) groups is 7. The topological polar surface area (TPSA) is 188 Å². The van der Waals surface area contributed by atoms with Crippen LogP contribution in [0, 0.1) is 5.92 Å². The van der Waals surface area contributed by atoms with Gasteiger partial charge in [-0.3, -0.25) is 38.5 Å². The molecule has 5 amide bonds. The van der Waals surface area contributed by atoms with E-state index in [0.717, 1.165) is 4.90 Å². The number of esters is 1. The van der Waals surface area contributed by atoms with Crippen LogP contribution < -0.4 is 16.0 Å². The molecule has 4 N–H and O–H groups in total. The zero-order chi connectivity index (χ0) is 31.2. The van der Waals surface area contributed by atoms with Crippen molar-refractivity contribution in [2.45, 2.75) is 78.0 Å². The average Bonchev–Trinajstić information content (AvgIpc) is 3.25. The zero-order valence-corrected chi connectivity index (χ0v) is 24.0. The molecule has 0 spiro atoms. The minimum Gasteiger partial charge on any atom is -0.481 e. The molecule has 13 nitrogen and oxygen atoms in total. The van der Waals surface area contributed by atoms with Crippen molar-refractivity contribution in [3.63, 3.8) is 0 Å². The van der Waals surface area contributed by atoms with Crippen LogP contribution in [0.15, 0.2) is 36.4 Å². The monoisotopic (exact) mass is 586 g/mol. The number of hydrogen-bond acceptors (Lipinski definition) is 8. The Balaban J connectivity index is 1.91. The fourth-order valence-electron chi connectivity index (χ4n) is 4.06. The number of ether oxygens (including phenoxy) is 1. The standard InChI is InChI=1S/C29H38N4O9/c1-18(2)27(32-23(35)7-5-4-6-16-33-24(36)13-14-25(33)37)29(41)31-22(12-15-26(38)39)28(40)30-21-10-8-20(9-11-21)17-42-19(3)34/h8-11,13-14,18,22,27H,4-7,12,15-17H2,1-3H3,(H,30,40)(H,31,41)(H,32,35)(H,38,39)/t22-,27-/m0/s1. The van der Waals surface area contributed by atoms with E-state index in [1.165, 1.54) is 19.1 Å². The highest BCUT2D eigenvalue weighted by Gasteiger charge is 2.29. The smallest absolute Gasteiger partial charge is 0.303 e. The van der Waals surface area contributed by atoms with E-state index in [2.05, 4.69) is 16.0 Å². The highest BCUT2D eigenvalue weighted by Crippen LogP contribution is 2.13. The van der Waals surface area contributed by atoms with E-state index in [0.29, 0.717) is 30.5 Å². The number of hydrogen-bond donors (Lipinski definition) is 4. The van der Waals surface area contributed by atoms with E-state index < -0.39 is 35.8 Å². The van der Waals surface area contributed by atoms with E-state index in [1.54, 1.807) is 38.1 Å². The second-order valence-corrected chi connectivity index (χ2v) is 10.2. The summed E-state index contributed by atoms with van der Waals surface area (Å²) in [4.78, 5) is 85.2. The van der Waals surface area contributed by atoms with Gasteiger partial charge in [0, 0.05) is 44.1 Å². The molecule has 2 rings (SSSR count). The molecule has 2 atom stereocenters. The van der Waals surface area contributed by atoms with E-state index in [4.69, 9.17) is 9.84 Å². The van der Waals surface area contributed by atoms with Gasteiger partial charge >= 0.3 is 11.9 Å². The summed E-state index contributed by atoms with van der Waals surface area (Å²) in [7, 11) is 0. The number of unbranched alkanes of at least 4 members (excludes halogenated alkanes) is 2. The van der Waals surface area contributed by atoms with Gasteiger partial charge in [0.2, 0.25) is 17.7 Å². The fourth-order valence-corrected chi connectivity index (χ4v) is 4.06. The molecule has 0 fully saturated rings. The zero-order valence-electron chi connectivity index (χ0n) is 24.0. The highest BCUT2D eigenvalue weighted by molar-refractivity contribution is 6.12. The summed E-state index contributed by atoms with van der Waals surface area (Å²) >= 11 is 0. The Morgan fingerprint density at radius 3 is 2.10 bits per heavy atom. The van der Waals surface area contributed by atoms with Crippen LogP contribution >= 0.6 is 0 Å². The maximum absolute atomic E-state index is 13.1. The lowest BCUT2D eigenvalue weighted by Crippen LogP contribution is -2.54. The van der Waals surface area contributed by atoms with Gasteiger partial charge in [0.1, 0.15) is 18.7 Å². The summed E-state index contributed by atoms with van der Waals surface area (Å²) in [6.07, 6.45) is 3.61. The predicted molar refractivity (Wildman–Crippen MR) is 150 cm³/mol. The van der Waals surface area contributed by atoms with Gasteiger partial charge in [-0.15, -0.1) is 0 Å². The molecule has 1 aliphatic heterocycles. The maximum atomic E-state index is 13.1. The molecule has 0 radical (unpaired) electrons. The first-order chi connectivity index (χ1) is 19.9. The Bertz CT molecular complexity index is 1180. The molecule has 0 unspecified atom stereocenters. The predicted octanol–water partition coefficient (Wildman–Crippen LogP) is 1.66. The SMILES string of the molecule is CC(=O)OCc1ccc(NC(=O)[C@H](CCC(=O)O)NC(=O)[C@@H](NC(=O)CCCCCN2C(=O)C=CC2=O)C(C)C)cc1. The number of nitrogens with one attached hydrogen (secondary N) is 3. The van der Waals surface area contributed by atoms with Crippen LogP contribution in [0.25, 0.3) is 0 Å². The Morgan fingerprint density at radius 2 is 1.52 bits per heavy atom. The molecular formula is C29H38N4O9. The lowest BCUT2D eigenvalue weighted by Gasteiger charge is -2.25. The summed E-state index contributed by atoms with van der Waals surface area (Å²) < 4.78 is 4.93. The third-order valence-corrected chi connectivity index (χ3v) is 6.40. The fraction of sp³-hybridized carbons (Fsp3) is 0.483. The van der Waals surface area contributed by atoms with Gasteiger partial charge in [0.25, 0.3) is 11.8 Å². The lowest BCUT2D eigenvalue weighted by molar-refractivity contribution is -0.142. The number of aliphatic carboxylic acids is 1. The quantitative estimate of drug-likeness (QED) is 0.120. The van der Waals surface area contributed by atoms with Crippen LogP contribution in [0.1, 0.15) is 64.9 Å². The minimum atomic E-state index is -1.18. The number of carboxylic acids is 1. The molecule has 0 saturated heterocycles. The average molecular weight is 587 g/mol. The van der Waals surface area contributed by atoms with Crippen molar-refractivity contribution in [1.82, 2.24) is 15.5 Å². The summed E-state index contributed by atoms with van der Waals surface area (Å²) in [5.74, 6) is -4.23. The molecule has 0 aliphatic carbocycles. The van der Waals surface area contributed by atoms with E-state index >= 15 is 0 Å². The van der Waals surface area contributed by atoms with Crippen LogP contribution in [0.4, 0.5) is 5.69 Å². The third kappa shape index (κ3) is 11.5. The summed E-state index contributed by atoms with van der Waals surface area (Å²) in [5.41, 5.74) is 1.09. The van der Waals surface area contributed by atoms with Crippen molar-refractivity contribution in [3.8, 4) is 0 Å². The van der Waals surface area contributed by atoms with Gasteiger partial charge in [-0.05, 0) is 42.9 Å². The number of imide groups is 1. The lowest BCUT2D eigenvalue weighted by atomic mass is 10.0. The van der Waals surface area contributed by atoms with Gasteiger partial charge in [0.05, 0.1) is 0 Å². The number of rotatable bonds is 17. The van der Waals surface area contributed by atoms with Gasteiger partial charge < -0.3 is 25.8 Å². The number of anilines is 1. The number of benzene rings is 1. The first-order valence-electron chi connectivity index (χ1n) is 13.8. The number of amides is 5. The van der Waals surface area contributed by atoms with Crippen LogP contribution in [-0.4, -0.2) is 70.1 Å². The first-order valence-corrected chi connectivity index (χ1v) is 13.8. The number of nitrogens with zero attached hydrogens (tertiary/aromatic N) is 1. The van der Waals surface area contributed by atoms with Gasteiger partial charge in [-0.2, -0.15) is 0 Å². The summed E-state index contributed by atoms with van der Waals surface area (Å²) in [6, 6.07) is 4.32. The molecule has 1 aromatic rings. The van der Waals surface area contributed by atoms with E-state index in [1.807, 2.05) is 0 Å². The Hall–Kier alpha value is -4.55. The molecule has 42 heavy (non-hydrogen) atoms. The van der Waals surface area contributed by atoms with Crippen LogP contribution in [0.3, 0.4) is 0 Å². The summed E-state index contributed by atoms with van der Waals surface area (Å²) in [6.45, 7) is 5.09. The molecule has 0 aromatic heterocycles. The van der Waals surface area contributed by atoms with E-state index in [-0.39, 0.29) is 56.1 Å². The van der Waals surface area contributed by atoms with Crippen molar-refractivity contribution >= 4 is 47.2 Å². The second kappa shape index (κ2) is 16.7. The number of carbonyl (C=O) groups excluding carboxylic acids is 6. The molecule has 0 bridgehead atoms. The van der Waals surface area contributed by atoms with Crippen LogP contribution in [0.5, 0.6) is 0 Å². The Labute approximate surface area is 244 Å². The Kier molecular flexibility index (Phi) is 13.3. The van der Waals surface area contributed by atoms with Crippen LogP contribution in [0.2, 0.25) is 0 Å². The van der Waals surface area contributed by atoms with Crippen molar-refractivity contribution in [2.75, 3.05) is 11.9 Å². The van der Waals surface area contributed by atoms with E-state index in [9.17, 15) is 33.6 Å². The maximum Gasteiger partial charge on any atom is 0.303 e. The van der Waals surface area contributed by atoms with Gasteiger partial charge in [0.15, 0.2) is 0 Å². The molecule has 13 heteroatoms. The molecule has 1 aromatic carbocycles. The van der Waals surface area contributed by atoms with Gasteiger partial charge in [-0.25, -0.2) is 0 Å². The molecule has 1 aliphatic rings. The summed E-state index contributed by atoms with van der Waals surface area (Å²) in [5, 5.41) is 17.0. The molecular weight excluding hydrogens is 548 g/mol. The molecule has 1 heterocycles. The van der Waals surface area contributed by atoms with Crippen molar-refractivity contribution in [2.24, 2.45) is 5.92 Å². The first kappa shape index (κ1) is 33.7. The van der Waals surface area contributed by atoms with Crippen molar-refractivity contribution < 1.29 is 43.4 Å². The van der Waals surface area contributed by atoms with Crippen LogP contribution in [-0.2, 0) is 44.9 Å². The molecule has 228 valence electrons. The Morgan fingerprint density at radius 1 is 0.881 bits per heavy atom. The second-order valence-electron chi connectivity index (χ2n) is 10.2. The highest BCUT2D eigenvalue weighted by atomic mass is 16.5. The van der Waals surface area contributed by atoms with Crippen molar-refractivity contribution in [3.05, 3.63) is 42.0 Å². The third-order valence-electron chi connectivity index (χ3n) is 6.40. The van der Waals surface area contributed by atoms with Gasteiger partial charge in [-0.1, -0.05) is 32.4 Å². The minimum absolute atomic E-state index is 0.0709.